The van der Waals surface area contributed by atoms with E-state index in [9.17, 15) is 8.42 Å². The van der Waals surface area contributed by atoms with Crippen molar-refractivity contribution < 1.29 is 8.42 Å². The zero-order valence-electron chi connectivity index (χ0n) is 10.9. The largest absolute Gasteiger partial charge is 0.316 e. The molecule has 3 nitrogen and oxygen atoms in total. The van der Waals surface area contributed by atoms with Gasteiger partial charge in [0.2, 0.25) is 0 Å². The summed E-state index contributed by atoms with van der Waals surface area (Å²) in [4.78, 5) is 0.499. The molecule has 0 radical (unpaired) electrons. The molecule has 0 spiro atoms. The van der Waals surface area contributed by atoms with Gasteiger partial charge in [-0.25, -0.2) is 8.42 Å². The average Bonchev–Trinajstić information content (AvgIpc) is 2.25. The van der Waals surface area contributed by atoms with Crippen LogP contribution in [0.1, 0.15) is 27.2 Å². The Morgan fingerprint density at radius 1 is 1.47 bits per heavy atom. The van der Waals surface area contributed by atoms with Crippen LogP contribution in [0.5, 0.6) is 0 Å². The summed E-state index contributed by atoms with van der Waals surface area (Å²) >= 11 is 0. The first-order valence-electron chi connectivity index (χ1n) is 6.27. The summed E-state index contributed by atoms with van der Waals surface area (Å²) in [5, 5.41) is 3.27. The predicted molar refractivity (Wildman–Crippen MR) is 72.5 cm³/mol. The van der Waals surface area contributed by atoms with Crippen molar-refractivity contribution in [3.8, 4) is 0 Å². The molecule has 17 heavy (non-hydrogen) atoms. The van der Waals surface area contributed by atoms with Crippen molar-refractivity contribution in [3.63, 3.8) is 0 Å². The standard InChI is InChI=1S/C13H23NO2S/c1-4-14-9-12-5-7-13(8-6-12)17(15,16)10-11(2)3/h5,7-8,11-12,14H,4,6,9-10H2,1-3H3. The first kappa shape index (κ1) is 14.5. The Morgan fingerprint density at radius 2 is 2.18 bits per heavy atom. The maximum Gasteiger partial charge on any atom is 0.178 e. The van der Waals surface area contributed by atoms with Gasteiger partial charge in [-0.2, -0.15) is 0 Å². The summed E-state index contributed by atoms with van der Waals surface area (Å²) < 4.78 is 24.0. The van der Waals surface area contributed by atoms with Crippen LogP contribution in [0.4, 0.5) is 0 Å². The van der Waals surface area contributed by atoms with E-state index in [1.54, 1.807) is 6.08 Å². The van der Waals surface area contributed by atoms with Crippen LogP contribution in [-0.2, 0) is 9.84 Å². The lowest BCUT2D eigenvalue weighted by molar-refractivity contribution is 0.568. The van der Waals surface area contributed by atoms with E-state index in [1.807, 2.05) is 26.0 Å². The Labute approximate surface area is 105 Å². The molecule has 0 saturated heterocycles. The molecule has 0 aliphatic heterocycles. The van der Waals surface area contributed by atoms with Crippen LogP contribution in [0.2, 0.25) is 0 Å². The lowest BCUT2D eigenvalue weighted by atomic mass is 10.0. The zero-order chi connectivity index (χ0) is 12.9. The van der Waals surface area contributed by atoms with Gasteiger partial charge in [0.05, 0.1) is 10.7 Å². The Bertz CT molecular complexity index is 394. The highest BCUT2D eigenvalue weighted by Crippen LogP contribution is 2.21. The lowest BCUT2D eigenvalue weighted by Crippen LogP contribution is -2.22. The van der Waals surface area contributed by atoms with E-state index in [-0.39, 0.29) is 11.7 Å². The molecule has 4 heteroatoms. The van der Waals surface area contributed by atoms with Crippen LogP contribution >= 0.6 is 0 Å². The Morgan fingerprint density at radius 3 is 2.65 bits per heavy atom. The predicted octanol–water partition coefficient (Wildman–Crippen LogP) is 2.13. The van der Waals surface area contributed by atoms with Gasteiger partial charge in [-0.1, -0.05) is 32.9 Å². The Kier molecular flexibility index (Phi) is 5.40. The van der Waals surface area contributed by atoms with Crippen molar-refractivity contribution in [2.24, 2.45) is 11.8 Å². The highest BCUT2D eigenvalue weighted by atomic mass is 32.2. The van der Waals surface area contributed by atoms with Crippen molar-refractivity contribution in [1.29, 1.82) is 0 Å². The van der Waals surface area contributed by atoms with Gasteiger partial charge in [-0.05, 0) is 30.9 Å². The van der Waals surface area contributed by atoms with E-state index < -0.39 is 9.84 Å². The topological polar surface area (TPSA) is 46.2 Å². The van der Waals surface area contributed by atoms with E-state index in [1.165, 1.54) is 0 Å². The van der Waals surface area contributed by atoms with Gasteiger partial charge in [-0.3, -0.25) is 0 Å². The molecular formula is C13H23NO2S. The van der Waals surface area contributed by atoms with Crippen LogP contribution in [-0.4, -0.2) is 27.3 Å². The maximum absolute atomic E-state index is 12.0. The molecule has 0 saturated carbocycles. The van der Waals surface area contributed by atoms with E-state index in [4.69, 9.17) is 0 Å². The van der Waals surface area contributed by atoms with Crippen LogP contribution in [0.3, 0.4) is 0 Å². The molecule has 1 aliphatic rings. The molecule has 98 valence electrons. The summed E-state index contributed by atoms with van der Waals surface area (Å²) in [6.45, 7) is 7.80. The average molecular weight is 257 g/mol. The van der Waals surface area contributed by atoms with E-state index in [0.29, 0.717) is 10.8 Å². The quantitative estimate of drug-likeness (QED) is 0.793. The van der Waals surface area contributed by atoms with Gasteiger partial charge in [-0.15, -0.1) is 0 Å². The third-order valence-electron chi connectivity index (χ3n) is 2.72. The second-order valence-corrected chi connectivity index (χ2v) is 6.98. The van der Waals surface area contributed by atoms with Crippen molar-refractivity contribution >= 4 is 9.84 Å². The number of hydrogen-bond donors (Lipinski definition) is 1. The summed E-state index contributed by atoms with van der Waals surface area (Å²) in [5.74, 6) is 0.836. The van der Waals surface area contributed by atoms with Gasteiger partial charge < -0.3 is 5.32 Å². The van der Waals surface area contributed by atoms with E-state index >= 15 is 0 Å². The minimum Gasteiger partial charge on any atom is -0.316 e. The Balaban J connectivity index is 2.60. The summed E-state index contributed by atoms with van der Waals surface area (Å²) in [6.07, 6.45) is 6.45. The fourth-order valence-corrected chi connectivity index (χ4v) is 3.60. The summed E-state index contributed by atoms with van der Waals surface area (Å²) in [7, 11) is -3.07. The molecule has 1 aliphatic carbocycles. The van der Waals surface area contributed by atoms with Crippen LogP contribution in [0.25, 0.3) is 0 Å². The number of nitrogens with one attached hydrogen (secondary N) is 1. The third-order valence-corrected chi connectivity index (χ3v) is 4.85. The number of rotatable bonds is 6. The third kappa shape index (κ3) is 4.64. The second kappa shape index (κ2) is 6.36. The maximum atomic E-state index is 12.0. The molecule has 0 aromatic heterocycles. The zero-order valence-corrected chi connectivity index (χ0v) is 11.8. The molecule has 0 bridgehead atoms. The van der Waals surface area contributed by atoms with Gasteiger partial charge >= 0.3 is 0 Å². The fourth-order valence-electron chi connectivity index (χ4n) is 1.89. The van der Waals surface area contributed by atoms with E-state index in [0.717, 1.165) is 19.5 Å². The molecule has 1 N–H and O–H groups in total. The molecule has 0 aromatic carbocycles. The van der Waals surface area contributed by atoms with Gasteiger partial charge in [0.1, 0.15) is 0 Å². The molecule has 0 heterocycles. The monoisotopic (exact) mass is 257 g/mol. The fraction of sp³-hybridized carbons (Fsp3) is 0.692. The van der Waals surface area contributed by atoms with Crippen molar-refractivity contribution in [3.05, 3.63) is 23.1 Å². The molecule has 1 rings (SSSR count). The minimum atomic E-state index is -3.07. The van der Waals surface area contributed by atoms with Crippen molar-refractivity contribution in [1.82, 2.24) is 5.32 Å². The van der Waals surface area contributed by atoms with Crippen LogP contribution in [0.15, 0.2) is 23.1 Å². The summed E-state index contributed by atoms with van der Waals surface area (Å²) in [5.41, 5.74) is 0. The number of allylic oxidation sites excluding steroid dienone is 2. The highest BCUT2D eigenvalue weighted by molar-refractivity contribution is 7.95. The first-order chi connectivity index (χ1) is 7.95. The first-order valence-corrected chi connectivity index (χ1v) is 7.92. The molecule has 1 atom stereocenters. The normalized spacial score (nSPS) is 20.7. The Hall–Kier alpha value is -0.610. The molecule has 1 unspecified atom stereocenters. The number of sulfone groups is 1. The summed E-state index contributed by atoms with van der Waals surface area (Å²) in [6, 6.07) is 0. The van der Waals surface area contributed by atoms with Gasteiger partial charge in [0, 0.05) is 6.54 Å². The molecule has 0 amide bonds. The second-order valence-electron chi connectivity index (χ2n) is 4.94. The minimum absolute atomic E-state index is 0.175. The van der Waals surface area contributed by atoms with Gasteiger partial charge in [0.15, 0.2) is 9.84 Å². The molecular weight excluding hydrogens is 234 g/mol. The van der Waals surface area contributed by atoms with Gasteiger partial charge in [0.25, 0.3) is 0 Å². The SMILES string of the molecule is CCNCC1C=CC(S(=O)(=O)CC(C)C)=CC1. The van der Waals surface area contributed by atoms with Crippen molar-refractivity contribution in [2.45, 2.75) is 27.2 Å². The van der Waals surface area contributed by atoms with Crippen LogP contribution in [0, 0.1) is 11.8 Å². The van der Waals surface area contributed by atoms with E-state index in [2.05, 4.69) is 12.2 Å². The lowest BCUT2D eigenvalue weighted by Gasteiger charge is -2.17. The smallest absolute Gasteiger partial charge is 0.178 e. The molecule has 0 aromatic rings. The van der Waals surface area contributed by atoms with Crippen molar-refractivity contribution in [2.75, 3.05) is 18.8 Å². The molecule has 0 fully saturated rings. The number of hydrogen-bond acceptors (Lipinski definition) is 3. The van der Waals surface area contributed by atoms with Crippen LogP contribution < -0.4 is 5.32 Å². The highest BCUT2D eigenvalue weighted by Gasteiger charge is 2.20.